The number of nitrogens with zero attached hydrogens (tertiary/aromatic N) is 2. The first-order chi connectivity index (χ1) is 16.0. The van der Waals surface area contributed by atoms with Gasteiger partial charge in [-0.25, -0.2) is 0 Å². The van der Waals surface area contributed by atoms with Crippen molar-refractivity contribution in [2.24, 2.45) is 5.92 Å². The number of aromatic nitrogens is 1. The molecule has 8 heteroatoms. The summed E-state index contributed by atoms with van der Waals surface area (Å²) in [5, 5.41) is 5.21. The Balaban J connectivity index is 1.57. The molecule has 0 bridgehead atoms. The predicted octanol–water partition coefficient (Wildman–Crippen LogP) is 6.41. The average Bonchev–Trinajstić information content (AvgIpc) is 2.84. The van der Waals surface area contributed by atoms with Crippen LogP contribution >= 0.6 is 23.2 Å². The monoisotopic (exact) mass is 489 g/mol. The molecule has 33 heavy (non-hydrogen) atoms. The van der Waals surface area contributed by atoms with E-state index in [0.717, 1.165) is 49.1 Å². The molecule has 0 aliphatic carbocycles. The van der Waals surface area contributed by atoms with Gasteiger partial charge in [0.15, 0.2) is 11.5 Å². The number of benzene rings is 2. The summed E-state index contributed by atoms with van der Waals surface area (Å²) in [6.07, 6.45) is 4.06. The Morgan fingerprint density at radius 3 is 2.42 bits per heavy atom. The smallest absolute Gasteiger partial charge is 0.163 e. The van der Waals surface area contributed by atoms with Gasteiger partial charge >= 0.3 is 0 Å². The van der Waals surface area contributed by atoms with Crippen LogP contribution in [0.15, 0.2) is 36.5 Å². The van der Waals surface area contributed by atoms with E-state index in [0.29, 0.717) is 45.5 Å². The van der Waals surface area contributed by atoms with E-state index in [1.807, 2.05) is 18.2 Å². The van der Waals surface area contributed by atoms with Crippen molar-refractivity contribution in [3.63, 3.8) is 0 Å². The van der Waals surface area contributed by atoms with Crippen LogP contribution in [-0.4, -0.2) is 50.3 Å². The van der Waals surface area contributed by atoms with E-state index in [9.17, 15) is 0 Å². The maximum absolute atomic E-state index is 6.41. The standard InChI is InChI=1S/C25H29Cl2N3O3/c1-4-30-9-6-16(7-10-30)15-33-25-13-21-17(11-24(25)32-3)20(5-8-28-21)29-22-14-23(31-2)19(27)12-18(22)26/h5,8,11-14,16H,4,6-7,9-10,15H2,1-3H3,(H,28,29). The number of ether oxygens (including phenoxy) is 3. The Morgan fingerprint density at radius 2 is 1.73 bits per heavy atom. The van der Waals surface area contributed by atoms with Crippen molar-refractivity contribution in [1.29, 1.82) is 0 Å². The summed E-state index contributed by atoms with van der Waals surface area (Å²) in [7, 11) is 3.22. The number of pyridine rings is 1. The van der Waals surface area contributed by atoms with Crippen molar-refractivity contribution >= 4 is 45.5 Å². The van der Waals surface area contributed by atoms with Gasteiger partial charge in [-0.15, -0.1) is 0 Å². The number of anilines is 2. The van der Waals surface area contributed by atoms with Crippen LogP contribution in [0.4, 0.5) is 11.4 Å². The topological polar surface area (TPSA) is 55.9 Å². The maximum atomic E-state index is 6.41. The molecule has 0 spiro atoms. The molecule has 0 atom stereocenters. The average molecular weight is 490 g/mol. The van der Waals surface area contributed by atoms with Gasteiger partial charge in [0.2, 0.25) is 0 Å². The molecule has 3 aromatic rings. The molecule has 0 amide bonds. The molecule has 1 aromatic heterocycles. The van der Waals surface area contributed by atoms with Crippen LogP contribution in [0.5, 0.6) is 17.2 Å². The minimum atomic E-state index is 0.455. The molecular formula is C25H29Cl2N3O3. The Labute approximate surface area is 204 Å². The second-order valence-corrected chi connectivity index (χ2v) is 8.97. The molecule has 176 valence electrons. The van der Waals surface area contributed by atoms with Crippen LogP contribution in [0, 0.1) is 5.92 Å². The Kier molecular flexibility index (Phi) is 7.68. The van der Waals surface area contributed by atoms with E-state index in [4.69, 9.17) is 37.4 Å². The van der Waals surface area contributed by atoms with Gasteiger partial charge < -0.3 is 24.4 Å². The van der Waals surface area contributed by atoms with Crippen LogP contribution in [0.1, 0.15) is 19.8 Å². The zero-order chi connectivity index (χ0) is 23.4. The van der Waals surface area contributed by atoms with E-state index >= 15 is 0 Å². The molecule has 2 heterocycles. The molecule has 0 saturated carbocycles. The van der Waals surface area contributed by atoms with Gasteiger partial charge in [0.25, 0.3) is 0 Å². The number of halogens is 2. The van der Waals surface area contributed by atoms with Crippen LogP contribution in [0.25, 0.3) is 10.9 Å². The van der Waals surface area contributed by atoms with Crippen molar-refractivity contribution in [2.75, 3.05) is 45.8 Å². The van der Waals surface area contributed by atoms with Gasteiger partial charge in [-0.1, -0.05) is 30.1 Å². The number of fused-ring (bicyclic) bond motifs is 1. The van der Waals surface area contributed by atoms with Crippen molar-refractivity contribution in [3.8, 4) is 17.2 Å². The molecule has 1 aliphatic rings. The number of likely N-dealkylation sites (tertiary alicyclic amines) is 1. The highest BCUT2D eigenvalue weighted by Crippen LogP contribution is 2.39. The molecule has 2 aromatic carbocycles. The molecule has 1 saturated heterocycles. The van der Waals surface area contributed by atoms with E-state index in [2.05, 4.69) is 22.1 Å². The molecule has 0 radical (unpaired) electrons. The fourth-order valence-corrected chi connectivity index (χ4v) is 4.65. The van der Waals surface area contributed by atoms with Crippen molar-refractivity contribution in [3.05, 3.63) is 46.6 Å². The third kappa shape index (κ3) is 5.40. The highest BCUT2D eigenvalue weighted by Gasteiger charge is 2.20. The van der Waals surface area contributed by atoms with E-state index < -0.39 is 0 Å². The lowest BCUT2D eigenvalue weighted by atomic mass is 9.98. The van der Waals surface area contributed by atoms with Gasteiger partial charge in [0.1, 0.15) is 5.75 Å². The number of rotatable bonds is 8. The summed E-state index contributed by atoms with van der Waals surface area (Å²) in [5.74, 6) is 2.47. The first-order valence-corrected chi connectivity index (χ1v) is 11.9. The zero-order valence-corrected chi connectivity index (χ0v) is 20.7. The number of nitrogens with one attached hydrogen (secondary N) is 1. The van der Waals surface area contributed by atoms with Crippen LogP contribution in [0.2, 0.25) is 10.0 Å². The zero-order valence-electron chi connectivity index (χ0n) is 19.2. The minimum Gasteiger partial charge on any atom is -0.495 e. The second-order valence-electron chi connectivity index (χ2n) is 8.16. The van der Waals surface area contributed by atoms with Crippen molar-refractivity contribution in [1.82, 2.24) is 9.88 Å². The van der Waals surface area contributed by atoms with Crippen molar-refractivity contribution < 1.29 is 14.2 Å². The summed E-state index contributed by atoms with van der Waals surface area (Å²) in [5.41, 5.74) is 2.32. The highest BCUT2D eigenvalue weighted by atomic mass is 35.5. The predicted molar refractivity (Wildman–Crippen MR) is 135 cm³/mol. The molecule has 1 aliphatic heterocycles. The lowest BCUT2D eigenvalue weighted by Gasteiger charge is -2.30. The van der Waals surface area contributed by atoms with E-state index in [1.165, 1.54) is 0 Å². The molecule has 1 N–H and O–H groups in total. The minimum absolute atomic E-state index is 0.455. The summed E-state index contributed by atoms with van der Waals surface area (Å²) < 4.78 is 17.2. The quantitative estimate of drug-likeness (QED) is 0.394. The van der Waals surface area contributed by atoms with E-state index in [1.54, 1.807) is 32.5 Å². The lowest BCUT2D eigenvalue weighted by molar-refractivity contribution is 0.144. The Hall–Kier alpha value is -2.41. The van der Waals surface area contributed by atoms with Crippen LogP contribution in [-0.2, 0) is 0 Å². The third-order valence-electron chi connectivity index (χ3n) is 6.17. The van der Waals surface area contributed by atoms with Gasteiger partial charge in [-0.2, -0.15) is 0 Å². The fraction of sp³-hybridized carbons (Fsp3) is 0.400. The summed E-state index contributed by atoms with van der Waals surface area (Å²) in [6.45, 7) is 6.27. The number of hydrogen-bond donors (Lipinski definition) is 1. The van der Waals surface area contributed by atoms with E-state index in [-0.39, 0.29) is 0 Å². The third-order valence-corrected chi connectivity index (χ3v) is 6.77. The summed E-state index contributed by atoms with van der Waals surface area (Å²) in [6, 6.07) is 9.20. The summed E-state index contributed by atoms with van der Waals surface area (Å²) in [4.78, 5) is 7.02. The van der Waals surface area contributed by atoms with Gasteiger partial charge in [-0.05, 0) is 56.6 Å². The number of hydrogen-bond acceptors (Lipinski definition) is 6. The first-order valence-electron chi connectivity index (χ1n) is 11.1. The first kappa shape index (κ1) is 23.7. The van der Waals surface area contributed by atoms with Crippen molar-refractivity contribution in [2.45, 2.75) is 19.8 Å². The van der Waals surface area contributed by atoms with Gasteiger partial charge in [-0.3, -0.25) is 4.98 Å². The lowest BCUT2D eigenvalue weighted by Crippen LogP contribution is -2.35. The Bertz CT molecular complexity index is 1120. The molecule has 0 unspecified atom stereocenters. The molecule has 4 rings (SSSR count). The molecule has 1 fully saturated rings. The van der Waals surface area contributed by atoms with Gasteiger partial charge in [0.05, 0.1) is 42.1 Å². The van der Waals surface area contributed by atoms with Gasteiger partial charge in [0, 0.05) is 29.4 Å². The Morgan fingerprint density at radius 1 is 0.970 bits per heavy atom. The largest absolute Gasteiger partial charge is 0.495 e. The summed E-state index contributed by atoms with van der Waals surface area (Å²) >= 11 is 12.6. The fourth-order valence-electron chi connectivity index (χ4n) is 4.14. The molecular weight excluding hydrogens is 461 g/mol. The highest BCUT2D eigenvalue weighted by molar-refractivity contribution is 6.37. The normalized spacial score (nSPS) is 14.9. The second kappa shape index (κ2) is 10.7. The molecule has 6 nitrogen and oxygen atoms in total. The SMILES string of the molecule is CCN1CCC(COc2cc3nccc(Nc4cc(OC)c(Cl)cc4Cl)c3cc2OC)CC1. The van der Waals surface area contributed by atoms with Crippen LogP contribution < -0.4 is 19.5 Å². The number of methoxy groups -OCH3 is 2. The maximum Gasteiger partial charge on any atom is 0.163 e. The van der Waals surface area contributed by atoms with Crippen LogP contribution in [0.3, 0.4) is 0 Å². The number of piperidine rings is 1.